The molecule has 7 nitrogen and oxygen atoms in total. The number of nitrogens with zero attached hydrogens (tertiary/aromatic N) is 4. The SMILES string of the molecule is O=C(CCc1ccc(C(F)(F)F)nc1)Cc1ccc(Oc2ncnc3cc(N4CCOCC4)ccc23)cc1. The van der Waals surface area contributed by atoms with Crippen LogP contribution in [-0.2, 0) is 28.5 Å². The molecule has 0 atom stereocenters. The summed E-state index contributed by atoms with van der Waals surface area (Å²) in [6.45, 7) is 3.07. The van der Waals surface area contributed by atoms with Gasteiger partial charge in [0.05, 0.1) is 24.1 Å². The topological polar surface area (TPSA) is 77.4 Å². The Morgan fingerprint density at radius 1 is 0.947 bits per heavy atom. The fourth-order valence-corrected chi connectivity index (χ4v) is 4.25. The maximum atomic E-state index is 12.6. The lowest BCUT2D eigenvalue weighted by Crippen LogP contribution is -2.36. The van der Waals surface area contributed by atoms with Gasteiger partial charge in [-0.1, -0.05) is 18.2 Å². The number of anilines is 1. The number of aromatic nitrogens is 3. The lowest BCUT2D eigenvalue weighted by molar-refractivity contribution is -0.141. The second kappa shape index (κ2) is 11.1. The molecule has 10 heteroatoms. The number of ketones is 1. The van der Waals surface area contributed by atoms with Gasteiger partial charge in [-0.3, -0.25) is 9.78 Å². The monoisotopic (exact) mass is 522 g/mol. The first-order valence-electron chi connectivity index (χ1n) is 12.2. The molecule has 196 valence electrons. The van der Waals surface area contributed by atoms with Gasteiger partial charge in [0.15, 0.2) is 0 Å². The van der Waals surface area contributed by atoms with E-state index in [2.05, 4.69) is 19.9 Å². The fourth-order valence-electron chi connectivity index (χ4n) is 4.25. The van der Waals surface area contributed by atoms with Crippen molar-refractivity contribution in [3.63, 3.8) is 0 Å². The number of morpholine rings is 1. The number of fused-ring (bicyclic) bond motifs is 1. The van der Waals surface area contributed by atoms with Gasteiger partial charge in [0, 0.05) is 37.8 Å². The van der Waals surface area contributed by atoms with Crippen LogP contribution in [0.4, 0.5) is 18.9 Å². The largest absolute Gasteiger partial charge is 0.438 e. The number of Topliss-reactive ketones (excluding diaryl/α,β-unsaturated/α-hetero) is 1. The van der Waals surface area contributed by atoms with Gasteiger partial charge in [-0.25, -0.2) is 9.97 Å². The van der Waals surface area contributed by atoms with Crippen LogP contribution in [0.3, 0.4) is 0 Å². The number of alkyl halides is 3. The Balaban J connectivity index is 1.18. The van der Waals surface area contributed by atoms with Gasteiger partial charge < -0.3 is 14.4 Å². The van der Waals surface area contributed by atoms with Crippen molar-refractivity contribution in [3.05, 3.63) is 83.9 Å². The zero-order valence-corrected chi connectivity index (χ0v) is 20.4. The Morgan fingerprint density at radius 2 is 1.71 bits per heavy atom. The lowest BCUT2D eigenvalue weighted by Gasteiger charge is -2.28. The molecule has 1 aliphatic heterocycles. The van der Waals surface area contributed by atoms with Crippen LogP contribution >= 0.6 is 0 Å². The van der Waals surface area contributed by atoms with E-state index in [9.17, 15) is 18.0 Å². The van der Waals surface area contributed by atoms with Crippen molar-refractivity contribution < 1.29 is 27.4 Å². The maximum absolute atomic E-state index is 12.6. The Morgan fingerprint density at radius 3 is 2.42 bits per heavy atom. The number of aryl methyl sites for hydroxylation is 1. The molecule has 1 saturated heterocycles. The molecule has 3 heterocycles. The molecule has 0 aliphatic carbocycles. The molecule has 4 aromatic rings. The summed E-state index contributed by atoms with van der Waals surface area (Å²) in [7, 11) is 0. The molecule has 0 unspecified atom stereocenters. The van der Waals surface area contributed by atoms with E-state index in [4.69, 9.17) is 9.47 Å². The molecule has 0 N–H and O–H groups in total. The summed E-state index contributed by atoms with van der Waals surface area (Å²) in [5.74, 6) is 1.00. The van der Waals surface area contributed by atoms with Gasteiger partial charge in [0.1, 0.15) is 23.6 Å². The van der Waals surface area contributed by atoms with E-state index >= 15 is 0 Å². The van der Waals surface area contributed by atoms with E-state index < -0.39 is 11.9 Å². The van der Waals surface area contributed by atoms with Crippen LogP contribution in [0.2, 0.25) is 0 Å². The van der Waals surface area contributed by atoms with E-state index in [-0.39, 0.29) is 18.6 Å². The molecule has 2 aromatic carbocycles. The molecular weight excluding hydrogens is 497 g/mol. The second-order valence-electron chi connectivity index (χ2n) is 8.99. The molecule has 5 rings (SSSR count). The predicted molar refractivity (Wildman–Crippen MR) is 135 cm³/mol. The number of halogens is 3. The number of pyridine rings is 1. The summed E-state index contributed by atoms with van der Waals surface area (Å²) in [4.78, 5) is 26.8. The summed E-state index contributed by atoms with van der Waals surface area (Å²) in [6.07, 6.45) is -1.07. The molecule has 0 spiro atoms. The smallest absolute Gasteiger partial charge is 0.433 e. The summed E-state index contributed by atoms with van der Waals surface area (Å²) < 4.78 is 49.4. The van der Waals surface area contributed by atoms with Crippen molar-refractivity contribution in [2.45, 2.75) is 25.4 Å². The van der Waals surface area contributed by atoms with Gasteiger partial charge in [-0.2, -0.15) is 13.2 Å². The van der Waals surface area contributed by atoms with Crippen LogP contribution in [0.1, 0.15) is 23.2 Å². The van der Waals surface area contributed by atoms with Crippen molar-refractivity contribution in [2.75, 3.05) is 31.2 Å². The predicted octanol–water partition coefficient (Wildman–Crippen LogP) is 5.42. The number of benzene rings is 2. The van der Waals surface area contributed by atoms with Crippen molar-refractivity contribution in [3.8, 4) is 11.6 Å². The Kier molecular flexibility index (Phi) is 7.50. The molecule has 38 heavy (non-hydrogen) atoms. The molecular formula is C28H25F3N4O3. The third-order valence-corrected chi connectivity index (χ3v) is 6.31. The Bertz CT molecular complexity index is 1400. The van der Waals surface area contributed by atoms with Crippen LogP contribution in [0.5, 0.6) is 11.6 Å². The number of rotatable bonds is 8. The highest BCUT2D eigenvalue weighted by Crippen LogP contribution is 2.30. The number of carbonyl (C=O) groups is 1. The van der Waals surface area contributed by atoms with E-state index in [0.29, 0.717) is 36.8 Å². The van der Waals surface area contributed by atoms with E-state index in [0.717, 1.165) is 41.3 Å². The lowest BCUT2D eigenvalue weighted by atomic mass is 10.0. The Labute approximate surface area is 217 Å². The van der Waals surface area contributed by atoms with Crippen molar-refractivity contribution in [1.82, 2.24) is 15.0 Å². The normalized spacial score (nSPS) is 14.0. The first-order chi connectivity index (χ1) is 18.3. The van der Waals surface area contributed by atoms with Crippen molar-refractivity contribution in [2.24, 2.45) is 0 Å². The summed E-state index contributed by atoms with van der Waals surface area (Å²) >= 11 is 0. The first-order valence-corrected chi connectivity index (χ1v) is 12.2. The van der Waals surface area contributed by atoms with Gasteiger partial charge in [0.2, 0.25) is 5.88 Å². The maximum Gasteiger partial charge on any atom is 0.433 e. The van der Waals surface area contributed by atoms with Gasteiger partial charge >= 0.3 is 6.18 Å². The molecule has 1 fully saturated rings. The van der Waals surface area contributed by atoms with E-state index in [1.165, 1.54) is 18.6 Å². The van der Waals surface area contributed by atoms with Crippen LogP contribution in [0.25, 0.3) is 10.9 Å². The molecule has 0 bridgehead atoms. The highest BCUT2D eigenvalue weighted by molar-refractivity contribution is 5.86. The van der Waals surface area contributed by atoms with E-state index in [1.807, 2.05) is 30.3 Å². The number of hydrogen-bond acceptors (Lipinski definition) is 7. The molecule has 1 aliphatic rings. The molecule has 0 radical (unpaired) electrons. The fraction of sp³-hybridized carbons (Fsp3) is 0.286. The number of ether oxygens (including phenoxy) is 2. The average molecular weight is 523 g/mol. The highest BCUT2D eigenvalue weighted by Gasteiger charge is 2.32. The van der Waals surface area contributed by atoms with Crippen LogP contribution in [0.15, 0.2) is 67.1 Å². The van der Waals surface area contributed by atoms with Crippen molar-refractivity contribution >= 4 is 22.4 Å². The minimum atomic E-state index is -4.47. The van der Waals surface area contributed by atoms with E-state index in [1.54, 1.807) is 12.1 Å². The third kappa shape index (κ3) is 6.25. The standard InChI is InChI=1S/C28H25F3N4O3/c29-28(30,31)26-10-4-20(17-32-26)1-6-22(36)15-19-2-7-23(8-3-19)38-27-24-9-5-21(16-25(24)33-18-34-27)35-11-13-37-14-12-35/h2-5,7-10,16-18H,1,6,11-15H2. The summed E-state index contributed by atoms with van der Waals surface area (Å²) in [5.41, 5.74) is 2.32. The zero-order valence-electron chi connectivity index (χ0n) is 20.4. The Hall–Kier alpha value is -4.05. The quantitative estimate of drug-likeness (QED) is 0.306. The molecule has 2 aromatic heterocycles. The van der Waals surface area contributed by atoms with Gasteiger partial charge in [-0.15, -0.1) is 0 Å². The summed E-state index contributed by atoms with van der Waals surface area (Å²) in [5, 5.41) is 0.793. The third-order valence-electron chi connectivity index (χ3n) is 6.31. The molecule has 0 saturated carbocycles. The number of hydrogen-bond donors (Lipinski definition) is 0. The highest BCUT2D eigenvalue weighted by atomic mass is 19.4. The molecule has 0 amide bonds. The van der Waals surface area contributed by atoms with Crippen LogP contribution in [-0.4, -0.2) is 47.0 Å². The summed E-state index contributed by atoms with van der Waals surface area (Å²) in [6, 6.07) is 15.5. The number of carbonyl (C=O) groups excluding carboxylic acids is 1. The van der Waals surface area contributed by atoms with Crippen LogP contribution < -0.4 is 9.64 Å². The van der Waals surface area contributed by atoms with Gasteiger partial charge in [0.25, 0.3) is 0 Å². The minimum absolute atomic E-state index is 0.0172. The first kappa shape index (κ1) is 25.6. The zero-order chi connectivity index (χ0) is 26.5. The second-order valence-corrected chi connectivity index (χ2v) is 8.99. The van der Waals surface area contributed by atoms with Crippen LogP contribution in [0, 0.1) is 0 Å². The average Bonchev–Trinajstić information content (AvgIpc) is 2.93. The van der Waals surface area contributed by atoms with Gasteiger partial charge in [-0.05, 0) is 53.9 Å². The minimum Gasteiger partial charge on any atom is -0.438 e. The van der Waals surface area contributed by atoms with Crippen molar-refractivity contribution in [1.29, 1.82) is 0 Å².